The van der Waals surface area contributed by atoms with Crippen molar-refractivity contribution in [1.29, 1.82) is 0 Å². The Kier molecular flexibility index (Phi) is 4.07. The Morgan fingerprint density at radius 1 is 1.53 bits per heavy atom. The van der Waals surface area contributed by atoms with E-state index in [1.54, 1.807) is 7.11 Å². The van der Waals surface area contributed by atoms with Crippen LogP contribution in [0.5, 0.6) is 0 Å². The Labute approximate surface area is 100.0 Å². The highest BCUT2D eigenvalue weighted by Crippen LogP contribution is 2.13. The van der Waals surface area contributed by atoms with Gasteiger partial charge in [0, 0.05) is 12.7 Å². The zero-order valence-corrected chi connectivity index (χ0v) is 10.2. The van der Waals surface area contributed by atoms with E-state index in [0.29, 0.717) is 12.2 Å². The molecule has 0 aliphatic carbocycles. The number of nitrogens with one attached hydrogen (secondary N) is 1. The number of ether oxygens (including phenoxy) is 1. The van der Waals surface area contributed by atoms with Crippen LogP contribution < -0.4 is 11.1 Å². The van der Waals surface area contributed by atoms with Crippen molar-refractivity contribution in [2.24, 2.45) is 0 Å². The van der Waals surface area contributed by atoms with Crippen LogP contribution in [-0.2, 0) is 4.74 Å². The number of carbonyl (C=O) groups is 1. The molecule has 0 saturated heterocycles. The zero-order chi connectivity index (χ0) is 13.1. The fourth-order valence-electron chi connectivity index (χ4n) is 1.46. The van der Waals surface area contributed by atoms with Gasteiger partial charge in [-0.15, -0.1) is 0 Å². The second-order valence-electron chi connectivity index (χ2n) is 4.51. The van der Waals surface area contributed by atoms with Crippen molar-refractivity contribution in [3.05, 3.63) is 29.6 Å². The van der Waals surface area contributed by atoms with Gasteiger partial charge < -0.3 is 15.8 Å². The van der Waals surface area contributed by atoms with Crippen molar-refractivity contribution in [3.63, 3.8) is 0 Å². The molecule has 17 heavy (non-hydrogen) atoms. The summed E-state index contributed by atoms with van der Waals surface area (Å²) in [6.45, 7) is 4.05. The van der Waals surface area contributed by atoms with Crippen LogP contribution in [0.3, 0.4) is 0 Å². The highest BCUT2D eigenvalue weighted by Gasteiger charge is 2.21. The summed E-state index contributed by atoms with van der Waals surface area (Å²) in [5.74, 6) is -0.837. The van der Waals surface area contributed by atoms with Gasteiger partial charge in [0.15, 0.2) is 0 Å². The van der Waals surface area contributed by atoms with E-state index in [1.165, 1.54) is 18.2 Å². The molecule has 0 spiro atoms. The average molecular weight is 240 g/mol. The lowest BCUT2D eigenvalue weighted by molar-refractivity contribution is 0.0820. The molecule has 0 aromatic heterocycles. The Morgan fingerprint density at radius 3 is 2.71 bits per heavy atom. The molecule has 1 aromatic carbocycles. The topological polar surface area (TPSA) is 64.3 Å². The normalized spacial score (nSPS) is 11.3. The molecule has 0 aliphatic rings. The van der Waals surface area contributed by atoms with E-state index in [4.69, 9.17) is 10.5 Å². The predicted molar refractivity (Wildman–Crippen MR) is 64.2 cm³/mol. The number of carbonyl (C=O) groups excluding carboxylic acids is 1. The highest BCUT2D eigenvalue weighted by atomic mass is 19.1. The van der Waals surface area contributed by atoms with E-state index in [2.05, 4.69) is 5.32 Å². The summed E-state index contributed by atoms with van der Waals surface area (Å²) in [5.41, 5.74) is 5.20. The van der Waals surface area contributed by atoms with Crippen molar-refractivity contribution < 1.29 is 13.9 Å². The molecule has 0 heterocycles. The van der Waals surface area contributed by atoms with Gasteiger partial charge in [0.2, 0.25) is 0 Å². The Hall–Kier alpha value is -1.62. The van der Waals surface area contributed by atoms with Crippen LogP contribution in [0, 0.1) is 5.82 Å². The van der Waals surface area contributed by atoms with Gasteiger partial charge in [-0.2, -0.15) is 0 Å². The highest BCUT2D eigenvalue weighted by molar-refractivity contribution is 5.95. The lowest BCUT2D eigenvalue weighted by atomic mass is 10.1. The van der Waals surface area contributed by atoms with Crippen LogP contribution in [-0.4, -0.2) is 25.2 Å². The smallest absolute Gasteiger partial charge is 0.251 e. The largest absolute Gasteiger partial charge is 0.396 e. The number of nitrogens with two attached hydrogens (primary N) is 1. The van der Waals surface area contributed by atoms with Gasteiger partial charge >= 0.3 is 0 Å². The molecule has 1 amide bonds. The first-order valence-corrected chi connectivity index (χ1v) is 5.22. The van der Waals surface area contributed by atoms with Crippen LogP contribution >= 0.6 is 0 Å². The van der Waals surface area contributed by atoms with Gasteiger partial charge in [0.25, 0.3) is 5.91 Å². The third kappa shape index (κ3) is 3.71. The Bertz CT molecular complexity index is 419. The van der Waals surface area contributed by atoms with E-state index in [9.17, 15) is 9.18 Å². The minimum Gasteiger partial charge on any atom is -0.396 e. The second kappa shape index (κ2) is 5.14. The number of hydrogen-bond donors (Lipinski definition) is 2. The van der Waals surface area contributed by atoms with Crippen molar-refractivity contribution in [1.82, 2.24) is 5.32 Å². The first-order chi connectivity index (χ1) is 7.85. The molecule has 1 rings (SSSR count). The molecular weight excluding hydrogens is 223 g/mol. The molecule has 3 N–H and O–H groups in total. The number of rotatable bonds is 4. The molecule has 0 atom stereocenters. The number of anilines is 1. The molecule has 0 unspecified atom stereocenters. The quantitative estimate of drug-likeness (QED) is 0.785. The maximum absolute atomic E-state index is 12.9. The fraction of sp³-hybridized carbons (Fsp3) is 0.417. The molecule has 0 bridgehead atoms. The molecule has 5 heteroatoms. The van der Waals surface area contributed by atoms with E-state index < -0.39 is 11.4 Å². The standard InChI is InChI=1S/C12H17FN2O2/c1-12(2,7-17-3)15-11(16)8-4-5-9(13)10(14)6-8/h4-6H,7,14H2,1-3H3,(H,15,16). The Morgan fingerprint density at radius 2 is 2.18 bits per heavy atom. The van der Waals surface area contributed by atoms with Crippen LogP contribution in [0.4, 0.5) is 10.1 Å². The lowest BCUT2D eigenvalue weighted by Gasteiger charge is -2.25. The molecular formula is C12H17FN2O2. The molecule has 4 nitrogen and oxygen atoms in total. The number of amides is 1. The number of nitrogen functional groups attached to an aromatic ring is 1. The maximum Gasteiger partial charge on any atom is 0.251 e. The number of benzene rings is 1. The molecule has 0 fully saturated rings. The summed E-state index contributed by atoms with van der Waals surface area (Å²) in [4.78, 5) is 11.9. The number of halogens is 1. The van der Waals surface area contributed by atoms with E-state index in [1.807, 2.05) is 13.8 Å². The van der Waals surface area contributed by atoms with Gasteiger partial charge in [0.05, 0.1) is 17.8 Å². The fourth-order valence-corrected chi connectivity index (χ4v) is 1.46. The van der Waals surface area contributed by atoms with Gasteiger partial charge in [-0.25, -0.2) is 4.39 Å². The van der Waals surface area contributed by atoms with Crippen molar-refractivity contribution >= 4 is 11.6 Å². The first-order valence-electron chi connectivity index (χ1n) is 5.22. The summed E-state index contributed by atoms with van der Waals surface area (Å²) in [6.07, 6.45) is 0. The summed E-state index contributed by atoms with van der Waals surface area (Å²) in [7, 11) is 1.56. The van der Waals surface area contributed by atoms with Gasteiger partial charge in [-0.3, -0.25) is 4.79 Å². The molecule has 1 aromatic rings. The maximum atomic E-state index is 12.9. The SMILES string of the molecule is COCC(C)(C)NC(=O)c1ccc(F)c(N)c1. The monoisotopic (exact) mass is 240 g/mol. The van der Waals surface area contributed by atoms with Gasteiger partial charge in [0.1, 0.15) is 5.82 Å². The van der Waals surface area contributed by atoms with Crippen LogP contribution in [0.1, 0.15) is 24.2 Å². The molecule has 0 radical (unpaired) electrons. The average Bonchev–Trinajstić information content (AvgIpc) is 2.21. The molecule has 0 aliphatic heterocycles. The minimum atomic E-state index is -0.530. The minimum absolute atomic E-state index is 0.0396. The van der Waals surface area contributed by atoms with Crippen LogP contribution in [0.2, 0.25) is 0 Å². The summed E-state index contributed by atoms with van der Waals surface area (Å²) >= 11 is 0. The zero-order valence-electron chi connectivity index (χ0n) is 10.2. The third-order valence-electron chi connectivity index (χ3n) is 2.22. The summed E-state index contributed by atoms with van der Waals surface area (Å²) in [6, 6.07) is 3.88. The Balaban J connectivity index is 2.80. The van der Waals surface area contributed by atoms with Crippen molar-refractivity contribution in [2.45, 2.75) is 19.4 Å². The second-order valence-corrected chi connectivity index (χ2v) is 4.51. The van der Waals surface area contributed by atoms with Crippen LogP contribution in [0.15, 0.2) is 18.2 Å². The third-order valence-corrected chi connectivity index (χ3v) is 2.22. The van der Waals surface area contributed by atoms with E-state index >= 15 is 0 Å². The number of hydrogen-bond acceptors (Lipinski definition) is 3. The summed E-state index contributed by atoms with van der Waals surface area (Å²) < 4.78 is 17.9. The van der Waals surface area contributed by atoms with E-state index in [0.717, 1.165) is 0 Å². The lowest BCUT2D eigenvalue weighted by Crippen LogP contribution is -2.46. The first kappa shape index (κ1) is 13.4. The van der Waals surface area contributed by atoms with Crippen molar-refractivity contribution in [2.75, 3.05) is 19.5 Å². The van der Waals surface area contributed by atoms with Gasteiger partial charge in [-0.05, 0) is 32.0 Å². The van der Waals surface area contributed by atoms with E-state index in [-0.39, 0.29) is 11.6 Å². The number of methoxy groups -OCH3 is 1. The summed E-state index contributed by atoms with van der Waals surface area (Å²) in [5, 5.41) is 2.78. The van der Waals surface area contributed by atoms with Crippen LogP contribution in [0.25, 0.3) is 0 Å². The predicted octanol–water partition coefficient (Wildman–Crippen LogP) is 1.56. The van der Waals surface area contributed by atoms with Crippen molar-refractivity contribution in [3.8, 4) is 0 Å². The van der Waals surface area contributed by atoms with Gasteiger partial charge in [-0.1, -0.05) is 0 Å². The molecule has 0 saturated carbocycles. The molecule has 94 valence electrons.